The second-order valence-corrected chi connectivity index (χ2v) is 5.55. The van der Waals surface area contributed by atoms with E-state index in [0.29, 0.717) is 12.3 Å². The summed E-state index contributed by atoms with van der Waals surface area (Å²) in [6.07, 6.45) is -0.0247. The molecule has 2 atom stereocenters. The van der Waals surface area contributed by atoms with Crippen LogP contribution in [0, 0.1) is 11.8 Å². The summed E-state index contributed by atoms with van der Waals surface area (Å²) in [7, 11) is 0. The quantitative estimate of drug-likeness (QED) is 0.705. The second kappa shape index (κ2) is 5.98. The number of carbonyl (C=O) groups is 1. The number of ketones is 1. The second-order valence-electron chi connectivity index (χ2n) is 5.55. The van der Waals surface area contributed by atoms with E-state index in [1.807, 2.05) is 0 Å². The van der Waals surface area contributed by atoms with Crippen molar-refractivity contribution in [2.45, 2.75) is 45.2 Å². The van der Waals surface area contributed by atoms with E-state index in [4.69, 9.17) is 0 Å². The highest BCUT2D eigenvalue weighted by Crippen LogP contribution is 2.37. The molecule has 0 heterocycles. The molecular formula is C16H19F3O. The molecule has 0 N–H and O–H groups in total. The van der Waals surface area contributed by atoms with Crippen LogP contribution >= 0.6 is 0 Å². The molecule has 1 saturated carbocycles. The summed E-state index contributed by atoms with van der Waals surface area (Å²) in [6.45, 7) is 2.07. The van der Waals surface area contributed by atoms with Crippen molar-refractivity contribution in [1.29, 1.82) is 0 Å². The molecule has 1 fully saturated rings. The van der Waals surface area contributed by atoms with Crippen molar-refractivity contribution < 1.29 is 18.0 Å². The van der Waals surface area contributed by atoms with Crippen LogP contribution in [0.5, 0.6) is 0 Å². The number of benzene rings is 1. The Morgan fingerprint density at radius 2 is 1.95 bits per heavy atom. The molecular weight excluding hydrogens is 265 g/mol. The Labute approximate surface area is 117 Å². The lowest BCUT2D eigenvalue weighted by Gasteiger charge is -2.28. The normalized spacial score (nSPS) is 23.6. The molecule has 1 nitrogen and oxygen atoms in total. The third-order valence-corrected chi connectivity index (χ3v) is 4.23. The van der Waals surface area contributed by atoms with Crippen LogP contribution in [0.2, 0.25) is 0 Å². The van der Waals surface area contributed by atoms with Gasteiger partial charge in [-0.25, -0.2) is 0 Å². The summed E-state index contributed by atoms with van der Waals surface area (Å²) in [4.78, 5) is 12.4. The van der Waals surface area contributed by atoms with E-state index in [9.17, 15) is 18.0 Å². The van der Waals surface area contributed by atoms with E-state index >= 15 is 0 Å². The summed E-state index contributed by atoms with van der Waals surface area (Å²) in [5.74, 6) is -0.121. The Morgan fingerprint density at radius 3 is 2.60 bits per heavy atom. The van der Waals surface area contributed by atoms with E-state index in [0.717, 1.165) is 31.7 Å². The minimum atomic E-state index is -4.47. The van der Waals surface area contributed by atoms with Crippen molar-refractivity contribution in [3.8, 4) is 0 Å². The number of rotatable bonds is 3. The summed E-state index contributed by atoms with van der Waals surface area (Å²) >= 11 is 0. The Hall–Kier alpha value is -1.32. The predicted octanol–water partition coefficient (Wildman–Crippen LogP) is 5.10. The van der Waals surface area contributed by atoms with Crippen molar-refractivity contribution in [3.05, 3.63) is 35.4 Å². The molecule has 1 aliphatic rings. The van der Waals surface area contributed by atoms with Gasteiger partial charge in [-0.15, -0.1) is 0 Å². The summed E-state index contributed by atoms with van der Waals surface area (Å²) in [5, 5.41) is 0. The van der Waals surface area contributed by atoms with Crippen LogP contribution in [0.3, 0.4) is 0 Å². The molecule has 0 aliphatic heterocycles. The minimum Gasteiger partial charge on any atom is -0.294 e. The average molecular weight is 284 g/mol. The van der Waals surface area contributed by atoms with Gasteiger partial charge < -0.3 is 0 Å². The maximum atomic E-state index is 13.0. The van der Waals surface area contributed by atoms with Crippen molar-refractivity contribution in [3.63, 3.8) is 0 Å². The molecule has 1 aromatic rings. The highest BCUT2D eigenvalue weighted by molar-refractivity contribution is 5.99. The predicted molar refractivity (Wildman–Crippen MR) is 71.5 cm³/mol. The molecule has 20 heavy (non-hydrogen) atoms. The molecule has 0 amide bonds. The van der Waals surface area contributed by atoms with Crippen LogP contribution in [0.1, 0.15) is 54.9 Å². The smallest absolute Gasteiger partial charge is 0.294 e. The first kappa shape index (κ1) is 15.1. The molecule has 0 radical (unpaired) electrons. The largest absolute Gasteiger partial charge is 0.417 e. The highest BCUT2D eigenvalue weighted by atomic mass is 19.4. The Bertz CT molecular complexity index is 479. The van der Waals surface area contributed by atoms with Crippen LogP contribution in [0.4, 0.5) is 13.2 Å². The fourth-order valence-corrected chi connectivity index (χ4v) is 3.07. The van der Waals surface area contributed by atoms with Gasteiger partial charge in [0, 0.05) is 11.5 Å². The zero-order chi connectivity index (χ0) is 14.8. The average Bonchev–Trinajstić information content (AvgIpc) is 2.45. The number of halogens is 3. The summed E-state index contributed by atoms with van der Waals surface area (Å²) in [6, 6.07) is 5.13. The van der Waals surface area contributed by atoms with E-state index in [2.05, 4.69) is 6.92 Å². The molecule has 0 aromatic heterocycles. The zero-order valence-corrected chi connectivity index (χ0v) is 11.5. The van der Waals surface area contributed by atoms with Gasteiger partial charge in [-0.1, -0.05) is 44.4 Å². The molecule has 110 valence electrons. The SMILES string of the molecule is CCC1CCCC(C(=O)c2ccccc2C(F)(F)F)C1. The van der Waals surface area contributed by atoms with Crippen molar-refractivity contribution >= 4 is 5.78 Å². The first-order valence-corrected chi connectivity index (χ1v) is 7.14. The first-order chi connectivity index (χ1) is 9.43. The van der Waals surface area contributed by atoms with E-state index in [1.54, 1.807) is 0 Å². The molecule has 1 aliphatic carbocycles. The van der Waals surface area contributed by atoms with Gasteiger partial charge in [0.05, 0.1) is 5.56 Å². The molecule has 0 bridgehead atoms. The number of Topliss-reactive ketones (excluding diaryl/α,β-unsaturated/α-hetero) is 1. The minimum absolute atomic E-state index is 0.165. The fourth-order valence-electron chi connectivity index (χ4n) is 3.07. The lowest BCUT2D eigenvalue weighted by molar-refractivity contribution is -0.137. The maximum Gasteiger partial charge on any atom is 0.417 e. The van der Waals surface area contributed by atoms with Gasteiger partial charge in [0.1, 0.15) is 0 Å². The van der Waals surface area contributed by atoms with Crippen LogP contribution in [-0.2, 0) is 6.18 Å². The van der Waals surface area contributed by atoms with Gasteiger partial charge in [-0.05, 0) is 24.8 Å². The molecule has 0 saturated heterocycles. The van der Waals surface area contributed by atoms with Gasteiger partial charge in [-0.3, -0.25) is 4.79 Å². The van der Waals surface area contributed by atoms with Crippen LogP contribution in [-0.4, -0.2) is 5.78 Å². The number of alkyl halides is 3. The molecule has 2 unspecified atom stereocenters. The monoisotopic (exact) mass is 284 g/mol. The van der Waals surface area contributed by atoms with E-state index in [-0.39, 0.29) is 17.3 Å². The maximum absolute atomic E-state index is 13.0. The van der Waals surface area contributed by atoms with Gasteiger partial charge in [-0.2, -0.15) is 13.2 Å². The van der Waals surface area contributed by atoms with Crippen molar-refractivity contribution in [2.75, 3.05) is 0 Å². The van der Waals surface area contributed by atoms with Gasteiger partial charge in [0.2, 0.25) is 0 Å². The standard InChI is InChI=1S/C16H19F3O/c1-2-11-6-5-7-12(10-11)15(20)13-8-3-4-9-14(13)16(17,18)19/h3-4,8-9,11-12H,2,5-7,10H2,1H3. The lowest BCUT2D eigenvalue weighted by Crippen LogP contribution is -2.25. The molecule has 2 rings (SSSR count). The van der Waals surface area contributed by atoms with Crippen molar-refractivity contribution in [1.82, 2.24) is 0 Å². The number of carbonyl (C=O) groups excluding carboxylic acids is 1. The third kappa shape index (κ3) is 3.22. The topological polar surface area (TPSA) is 17.1 Å². The lowest BCUT2D eigenvalue weighted by atomic mass is 9.76. The van der Waals surface area contributed by atoms with Crippen LogP contribution in [0.25, 0.3) is 0 Å². The van der Waals surface area contributed by atoms with Gasteiger partial charge in [0.25, 0.3) is 0 Å². The summed E-state index contributed by atoms with van der Waals surface area (Å²) < 4.78 is 38.9. The number of hydrogen-bond donors (Lipinski definition) is 0. The molecule has 1 aromatic carbocycles. The van der Waals surface area contributed by atoms with E-state index in [1.165, 1.54) is 18.2 Å². The molecule has 0 spiro atoms. The Kier molecular flexibility index (Phi) is 4.51. The fraction of sp³-hybridized carbons (Fsp3) is 0.562. The third-order valence-electron chi connectivity index (χ3n) is 4.23. The molecule has 4 heteroatoms. The Morgan fingerprint density at radius 1 is 1.25 bits per heavy atom. The van der Waals surface area contributed by atoms with Crippen LogP contribution in [0.15, 0.2) is 24.3 Å². The van der Waals surface area contributed by atoms with Crippen molar-refractivity contribution in [2.24, 2.45) is 11.8 Å². The van der Waals surface area contributed by atoms with E-state index < -0.39 is 11.7 Å². The Balaban J connectivity index is 2.25. The van der Waals surface area contributed by atoms with Gasteiger partial charge in [0.15, 0.2) is 5.78 Å². The highest BCUT2D eigenvalue weighted by Gasteiger charge is 2.37. The van der Waals surface area contributed by atoms with Crippen LogP contribution < -0.4 is 0 Å². The summed E-state index contributed by atoms with van der Waals surface area (Å²) in [5.41, 5.74) is -0.967. The zero-order valence-electron chi connectivity index (χ0n) is 11.5. The van der Waals surface area contributed by atoms with Gasteiger partial charge >= 0.3 is 6.18 Å². The number of hydrogen-bond acceptors (Lipinski definition) is 1. The first-order valence-electron chi connectivity index (χ1n) is 7.14.